The number of azo groups is 1. The van der Waals surface area contributed by atoms with Gasteiger partial charge in [-0.25, -0.2) is 4.79 Å². The molecule has 2 aromatic heterocycles. The van der Waals surface area contributed by atoms with Gasteiger partial charge in [-0.2, -0.15) is 11.3 Å². The quantitative estimate of drug-likeness (QED) is 0.251. The van der Waals surface area contributed by atoms with E-state index >= 15 is 0 Å². The zero-order chi connectivity index (χ0) is 22.9. The van der Waals surface area contributed by atoms with Crippen LogP contribution in [0.15, 0.2) is 93.8 Å². The van der Waals surface area contributed by atoms with Crippen molar-refractivity contribution in [3.63, 3.8) is 0 Å². The highest BCUT2D eigenvalue weighted by molar-refractivity contribution is 7.08. The summed E-state index contributed by atoms with van der Waals surface area (Å²) >= 11 is 1.52. The summed E-state index contributed by atoms with van der Waals surface area (Å²) in [4.78, 5) is 11.3. The number of benzene rings is 3. The lowest BCUT2D eigenvalue weighted by Crippen LogP contribution is -1.95. The van der Waals surface area contributed by atoms with E-state index in [1.54, 1.807) is 34.9 Å². The van der Waals surface area contributed by atoms with E-state index in [2.05, 4.69) is 10.2 Å². The van der Waals surface area contributed by atoms with Gasteiger partial charge >= 0.3 is 5.97 Å². The molecule has 2 heterocycles. The second-order valence-electron chi connectivity index (χ2n) is 7.27. The molecule has 0 aliphatic carbocycles. The molecule has 0 aliphatic heterocycles. The fourth-order valence-corrected chi connectivity index (χ4v) is 4.34. The maximum Gasteiger partial charge on any atom is 0.335 e. The third-order valence-electron chi connectivity index (χ3n) is 5.28. The SMILES string of the molecule is O=C(O)c1cccc(-c2cccc(N=Nc3c(O)n(-c4ccsc4)c4ccccc34)c2O)c1. The first-order valence-electron chi connectivity index (χ1n) is 9.97. The van der Waals surface area contributed by atoms with E-state index in [1.165, 1.54) is 23.5 Å². The molecule has 5 aromatic rings. The summed E-state index contributed by atoms with van der Waals surface area (Å²) in [6.45, 7) is 0. The summed E-state index contributed by atoms with van der Waals surface area (Å²) in [5.74, 6) is -1.24. The van der Waals surface area contributed by atoms with Gasteiger partial charge in [0.2, 0.25) is 5.88 Å². The van der Waals surface area contributed by atoms with Gasteiger partial charge in [0.05, 0.1) is 16.8 Å². The van der Waals surface area contributed by atoms with Crippen LogP contribution in [0.3, 0.4) is 0 Å². The number of nitrogens with zero attached hydrogens (tertiary/aromatic N) is 3. The first-order chi connectivity index (χ1) is 16.0. The van der Waals surface area contributed by atoms with Gasteiger partial charge in [-0.1, -0.05) is 42.5 Å². The van der Waals surface area contributed by atoms with Crippen LogP contribution in [-0.4, -0.2) is 25.9 Å². The van der Waals surface area contributed by atoms with Gasteiger partial charge in [0.25, 0.3) is 0 Å². The molecular formula is C25H17N3O4S. The number of thiophene rings is 1. The predicted molar refractivity (Wildman–Crippen MR) is 127 cm³/mol. The van der Waals surface area contributed by atoms with Crippen molar-refractivity contribution in [3.05, 3.63) is 89.1 Å². The standard InChI is InChI=1S/C25H17N3O4S/c29-23-18(15-5-3-6-16(13-15)25(31)32)8-4-9-20(23)26-27-22-19-7-1-2-10-21(19)28(24(22)30)17-11-12-33-14-17/h1-14,29-30H,(H,31,32). The molecule has 0 spiro atoms. The van der Waals surface area contributed by atoms with Crippen LogP contribution in [0.4, 0.5) is 11.4 Å². The number of para-hydroxylation sites is 2. The molecule has 0 amide bonds. The van der Waals surface area contributed by atoms with Crippen molar-refractivity contribution in [2.24, 2.45) is 10.2 Å². The average molecular weight is 455 g/mol. The van der Waals surface area contributed by atoms with Gasteiger partial charge in [-0.05, 0) is 41.3 Å². The lowest BCUT2D eigenvalue weighted by Gasteiger charge is -2.07. The third-order valence-corrected chi connectivity index (χ3v) is 5.95. The highest BCUT2D eigenvalue weighted by Crippen LogP contribution is 2.43. The largest absolute Gasteiger partial charge is 0.505 e. The molecule has 3 aromatic carbocycles. The summed E-state index contributed by atoms with van der Waals surface area (Å²) in [5, 5.41) is 44.1. The Morgan fingerprint density at radius 3 is 2.52 bits per heavy atom. The third kappa shape index (κ3) is 3.62. The van der Waals surface area contributed by atoms with Crippen LogP contribution >= 0.6 is 11.3 Å². The number of fused-ring (bicyclic) bond motifs is 1. The van der Waals surface area contributed by atoms with Crippen LogP contribution in [0, 0.1) is 0 Å². The summed E-state index contributed by atoms with van der Waals surface area (Å²) in [6, 6.07) is 20.6. The van der Waals surface area contributed by atoms with Gasteiger partial charge in [-0.15, -0.1) is 10.2 Å². The molecule has 7 nitrogen and oxygen atoms in total. The maximum atomic E-state index is 11.3. The zero-order valence-electron chi connectivity index (χ0n) is 17.1. The molecule has 8 heteroatoms. The van der Waals surface area contributed by atoms with Crippen molar-refractivity contribution in [2.75, 3.05) is 0 Å². The Labute approximate surface area is 192 Å². The van der Waals surface area contributed by atoms with E-state index in [1.807, 2.05) is 41.1 Å². The van der Waals surface area contributed by atoms with Gasteiger partial charge < -0.3 is 15.3 Å². The number of aromatic nitrogens is 1. The molecule has 3 N–H and O–H groups in total. The Morgan fingerprint density at radius 1 is 0.909 bits per heavy atom. The Morgan fingerprint density at radius 2 is 1.73 bits per heavy atom. The van der Waals surface area contributed by atoms with Crippen LogP contribution < -0.4 is 0 Å². The van der Waals surface area contributed by atoms with Crippen molar-refractivity contribution < 1.29 is 20.1 Å². The second kappa shape index (κ2) is 8.25. The van der Waals surface area contributed by atoms with Crippen molar-refractivity contribution in [1.82, 2.24) is 4.57 Å². The second-order valence-corrected chi connectivity index (χ2v) is 8.05. The maximum absolute atomic E-state index is 11.3. The normalized spacial score (nSPS) is 11.4. The first kappa shape index (κ1) is 20.5. The summed E-state index contributed by atoms with van der Waals surface area (Å²) in [7, 11) is 0. The molecule has 0 radical (unpaired) electrons. The van der Waals surface area contributed by atoms with Gasteiger partial charge in [0, 0.05) is 16.3 Å². The monoisotopic (exact) mass is 455 g/mol. The Hall–Kier alpha value is -4.43. The highest BCUT2D eigenvalue weighted by Gasteiger charge is 2.18. The number of hydrogen-bond donors (Lipinski definition) is 3. The van der Waals surface area contributed by atoms with E-state index in [0.717, 1.165) is 16.6 Å². The van der Waals surface area contributed by atoms with Gasteiger partial charge in [0.1, 0.15) is 5.69 Å². The number of aromatic carboxylic acids is 1. The Kier molecular flexibility index (Phi) is 5.12. The minimum atomic E-state index is -1.05. The van der Waals surface area contributed by atoms with Crippen LogP contribution in [0.1, 0.15) is 10.4 Å². The van der Waals surface area contributed by atoms with Crippen LogP contribution in [0.5, 0.6) is 11.6 Å². The summed E-state index contributed by atoms with van der Waals surface area (Å²) < 4.78 is 1.70. The number of hydrogen-bond acceptors (Lipinski definition) is 6. The molecule has 0 saturated carbocycles. The minimum Gasteiger partial charge on any atom is -0.505 e. The zero-order valence-corrected chi connectivity index (χ0v) is 17.9. The number of phenols is 1. The van der Waals surface area contributed by atoms with E-state index in [4.69, 9.17) is 0 Å². The number of aromatic hydroxyl groups is 2. The lowest BCUT2D eigenvalue weighted by molar-refractivity contribution is 0.0697. The topological polar surface area (TPSA) is 107 Å². The average Bonchev–Trinajstić information content (AvgIpc) is 3.44. The minimum absolute atomic E-state index is 0.0526. The molecule has 0 bridgehead atoms. The fraction of sp³-hybridized carbons (Fsp3) is 0. The van der Waals surface area contributed by atoms with Crippen LogP contribution in [0.2, 0.25) is 0 Å². The molecule has 162 valence electrons. The molecule has 0 fully saturated rings. The molecule has 0 aliphatic rings. The lowest BCUT2D eigenvalue weighted by atomic mass is 10.0. The molecule has 5 rings (SSSR count). The molecule has 0 unspecified atom stereocenters. The number of carboxylic acids is 1. The number of rotatable bonds is 5. The van der Waals surface area contributed by atoms with Crippen LogP contribution in [0.25, 0.3) is 27.7 Å². The highest BCUT2D eigenvalue weighted by atomic mass is 32.1. The number of carbonyl (C=O) groups is 1. The molecular weight excluding hydrogens is 438 g/mol. The first-order valence-corrected chi connectivity index (χ1v) is 10.9. The van der Waals surface area contributed by atoms with Crippen molar-refractivity contribution >= 4 is 39.6 Å². The van der Waals surface area contributed by atoms with Crippen molar-refractivity contribution in [1.29, 1.82) is 0 Å². The van der Waals surface area contributed by atoms with E-state index in [0.29, 0.717) is 11.1 Å². The van der Waals surface area contributed by atoms with E-state index < -0.39 is 5.97 Å². The van der Waals surface area contributed by atoms with E-state index in [9.17, 15) is 20.1 Å². The summed E-state index contributed by atoms with van der Waals surface area (Å²) in [6.07, 6.45) is 0. The Bertz CT molecular complexity index is 1520. The fourth-order valence-electron chi connectivity index (χ4n) is 3.72. The molecule has 0 saturated heterocycles. The number of carboxylic acid groups (broad SMARTS) is 1. The Balaban J connectivity index is 1.59. The van der Waals surface area contributed by atoms with Gasteiger partial charge in [-0.3, -0.25) is 4.57 Å². The van der Waals surface area contributed by atoms with E-state index in [-0.39, 0.29) is 28.6 Å². The molecule has 33 heavy (non-hydrogen) atoms. The van der Waals surface area contributed by atoms with Gasteiger partial charge in [0.15, 0.2) is 11.4 Å². The van der Waals surface area contributed by atoms with Crippen molar-refractivity contribution in [3.8, 4) is 28.4 Å². The molecule has 0 atom stereocenters. The number of phenolic OH excluding ortho intramolecular Hbond substituents is 1. The summed E-state index contributed by atoms with van der Waals surface area (Å²) in [5.41, 5.74) is 3.17. The predicted octanol–water partition coefficient (Wildman–Crippen LogP) is 6.88. The van der Waals surface area contributed by atoms with Crippen LogP contribution in [-0.2, 0) is 0 Å². The smallest absolute Gasteiger partial charge is 0.335 e. The van der Waals surface area contributed by atoms with Crippen molar-refractivity contribution in [2.45, 2.75) is 0 Å².